The van der Waals surface area contributed by atoms with E-state index in [-0.39, 0.29) is 0 Å². The van der Waals surface area contributed by atoms with Crippen molar-refractivity contribution < 1.29 is 0 Å². The lowest BCUT2D eigenvalue weighted by atomic mass is 9.93. The Morgan fingerprint density at radius 2 is 2.50 bits per heavy atom. The molecular weight excluding hydrogens is 150 g/mol. The molecule has 1 fully saturated rings. The fraction of sp³-hybridized carbons (Fsp3) is 0.556. The predicted molar refractivity (Wildman–Crippen MR) is 44.4 cm³/mol. The van der Waals surface area contributed by atoms with Gasteiger partial charge in [0.1, 0.15) is 0 Å². The third-order valence-electron chi connectivity index (χ3n) is 2.43. The van der Waals surface area contributed by atoms with Crippen LogP contribution in [0.1, 0.15) is 31.0 Å². The Bertz CT molecular complexity index is 304. The van der Waals surface area contributed by atoms with Gasteiger partial charge in [-0.05, 0) is 25.3 Å². The molecule has 1 aliphatic rings. The van der Waals surface area contributed by atoms with Crippen molar-refractivity contribution in [3.05, 3.63) is 18.0 Å². The van der Waals surface area contributed by atoms with Crippen LogP contribution in [-0.2, 0) is 6.42 Å². The zero-order valence-electron chi connectivity index (χ0n) is 6.90. The molecule has 1 aromatic rings. The maximum atomic E-state index is 8.54. The van der Waals surface area contributed by atoms with Crippen LogP contribution in [0.3, 0.4) is 0 Å². The topological polar surface area (TPSA) is 41.6 Å². The van der Waals surface area contributed by atoms with E-state index in [1.165, 1.54) is 19.3 Å². The second kappa shape index (κ2) is 2.98. The number of nitriles is 1. The van der Waals surface area contributed by atoms with Crippen molar-refractivity contribution in [2.75, 3.05) is 0 Å². The summed E-state index contributed by atoms with van der Waals surface area (Å²) in [5.74, 6) is 0. The molecule has 1 aliphatic carbocycles. The molecule has 3 heteroatoms. The minimum atomic E-state index is 0.483. The van der Waals surface area contributed by atoms with Crippen LogP contribution < -0.4 is 0 Å². The first kappa shape index (κ1) is 7.35. The van der Waals surface area contributed by atoms with E-state index in [1.54, 1.807) is 6.20 Å². The molecule has 0 aromatic carbocycles. The third-order valence-corrected chi connectivity index (χ3v) is 2.43. The molecule has 0 radical (unpaired) electrons. The first-order valence-corrected chi connectivity index (χ1v) is 4.31. The molecule has 2 rings (SSSR count). The molecule has 12 heavy (non-hydrogen) atoms. The largest absolute Gasteiger partial charge is 0.265 e. The Balaban J connectivity index is 2.19. The summed E-state index contributed by atoms with van der Waals surface area (Å²) in [6.07, 6.45) is 6.01. The van der Waals surface area contributed by atoms with Gasteiger partial charge in [0.2, 0.25) is 0 Å². The summed E-state index contributed by atoms with van der Waals surface area (Å²) in [5.41, 5.74) is 1.06. The summed E-state index contributed by atoms with van der Waals surface area (Å²) < 4.78 is 2.01. The second-order valence-electron chi connectivity index (χ2n) is 3.19. The Labute approximate surface area is 71.6 Å². The Morgan fingerprint density at radius 1 is 1.67 bits per heavy atom. The van der Waals surface area contributed by atoms with E-state index in [4.69, 9.17) is 5.26 Å². The Hall–Kier alpha value is -1.30. The molecule has 0 N–H and O–H groups in total. The summed E-state index contributed by atoms with van der Waals surface area (Å²) in [4.78, 5) is 0. The molecule has 1 aromatic heterocycles. The average molecular weight is 161 g/mol. The van der Waals surface area contributed by atoms with Crippen LogP contribution in [0, 0.1) is 11.3 Å². The SMILES string of the molecule is N#CCc1ccnn1C1CCC1. The van der Waals surface area contributed by atoms with Gasteiger partial charge in [0.25, 0.3) is 0 Å². The fourth-order valence-corrected chi connectivity index (χ4v) is 1.52. The lowest BCUT2D eigenvalue weighted by Crippen LogP contribution is -2.19. The van der Waals surface area contributed by atoms with Gasteiger partial charge in [-0.3, -0.25) is 4.68 Å². The molecular formula is C9H11N3. The van der Waals surface area contributed by atoms with Crippen LogP contribution in [0.5, 0.6) is 0 Å². The number of hydrogen-bond acceptors (Lipinski definition) is 2. The predicted octanol–water partition coefficient (Wildman–Crippen LogP) is 1.67. The molecule has 0 spiro atoms. The normalized spacial score (nSPS) is 16.9. The highest BCUT2D eigenvalue weighted by Gasteiger charge is 2.21. The van der Waals surface area contributed by atoms with E-state index in [0.717, 1.165) is 5.69 Å². The van der Waals surface area contributed by atoms with E-state index in [1.807, 2.05) is 10.7 Å². The first-order valence-electron chi connectivity index (χ1n) is 4.31. The highest BCUT2D eigenvalue weighted by Crippen LogP contribution is 2.31. The van der Waals surface area contributed by atoms with E-state index in [0.29, 0.717) is 12.5 Å². The summed E-state index contributed by atoms with van der Waals surface area (Å²) >= 11 is 0. The number of nitrogens with zero attached hydrogens (tertiary/aromatic N) is 3. The van der Waals surface area contributed by atoms with Gasteiger partial charge in [-0.1, -0.05) is 0 Å². The van der Waals surface area contributed by atoms with E-state index in [2.05, 4.69) is 11.2 Å². The second-order valence-corrected chi connectivity index (χ2v) is 3.19. The van der Waals surface area contributed by atoms with Crippen LogP contribution in [0.4, 0.5) is 0 Å². The maximum absolute atomic E-state index is 8.54. The zero-order chi connectivity index (χ0) is 8.39. The maximum Gasteiger partial charge on any atom is 0.0771 e. The zero-order valence-corrected chi connectivity index (χ0v) is 6.90. The lowest BCUT2D eigenvalue weighted by molar-refractivity contribution is 0.283. The van der Waals surface area contributed by atoms with Gasteiger partial charge >= 0.3 is 0 Å². The lowest BCUT2D eigenvalue weighted by Gasteiger charge is -2.27. The highest BCUT2D eigenvalue weighted by atomic mass is 15.3. The highest BCUT2D eigenvalue weighted by molar-refractivity contribution is 5.08. The van der Waals surface area contributed by atoms with E-state index in [9.17, 15) is 0 Å². The summed E-state index contributed by atoms with van der Waals surface area (Å²) in [7, 11) is 0. The number of rotatable bonds is 2. The van der Waals surface area contributed by atoms with Gasteiger partial charge in [-0.15, -0.1) is 0 Å². The first-order chi connectivity index (χ1) is 5.92. The van der Waals surface area contributed by atoms with Crippen LogP contribution in [0.25, 0.3) is 0 Å². The summed E-state index contributed by atoms with van der Waals surface area (Å²) in [6.45, 7) is 0. The van der Waals surface area contributed by atoms with Crippen molar-refractivity contribution in [2.45, 2.75) is 31.7 Å². The molecule has 0 aliphatic heterocycles. The smallest absolute Gasteiger partial charge is 0.0771 e. The Kier molecular flexibility index (Phi) is 1.83. The summed E-state index contributed by atoms with van der Waals surface area (Å²) in [5, 5.41) is 12.8. The van der Waals surface area contributed by atoms with Gasteiger partial charge in [-0.2, -0.15) is 10.4 Å². The monoisotopic (exact) mass is 161 g/mol. The molecule has 0 saturated heterocycles. The molecule has 1 saturated carbocycles. The van der Waals surface area contributed by atoms with E-state index < -0.39 is 0 Å². The number of aromatic nitrogens is 2. The number of hydrogen-bond donors (Lipinski definition) is 0. The minimum Gasteiger partial charge on any atom is -0.265 e. The third kappa shape index (κ3) is 1.10. The Morgan fingerprint density at radius 3 is 3.08 bits per heavy atom. The van der Waals surface area contributed by atoms with Crippen molar-refractivity contribution in [3.8, 4) is 6.07 Å². The molecule has 0 atom stereocenters. The van der Waals surface area contributed by atoms with Crippen LogP contribution in [0.2, 0.25) is 0 Å². The van der Waals surface area contributed by atoms with Gasteiger partial charge in [-0.25, -0.2) is 0 Å². The van der Waals surface area contributed by atoms with Crippen molar-refractivity contribution in [1.29, 1.82) is 5.26 Å². The standard InChI is InChI=1S/C9H11N3/c10-6-4-9-5-7-11-12(9)8-2-1-3-8/h5,7-8H,1-4H2. The van der Waals surface area contributed by atoms with Crippen LogP contribution in [0.15, 0.2) is 12.3 Å². The average Bonchev–Trinajstić information content (AvgIpc) is 2.35. The quantitative estimate of drug-likeness (QED) is 0.662. The molecule has 0 unspecified atom stereocenters. The van der Waals surface area contributed by atoms with Crippen molar-refractivity contribution in [2.24, 2.45) is 0 Å². The summed E-state index contributed by atoms with van der Waals surface area (Å²) in [6, 6.07) is 4.66. The van der Waals surface area contributed by atoms with Gasteiger partial charge in [0, 0.05) is 6.20 Å². The molecule has 1 heterocycles. The molecule has 3 nitrogen and oxygen atoms in total. The minimum absolute atomic E-state index is 0.483. The molecule has 0 bridgehead atoms. The van der Waals surface area contributed by atoms with Crippen LogP contribution in [-0.4, -0.2) is 9.78 Å². The van der Waals surface area contributed by atoms with Crippen molar-refractivity contribution >= 4 is 0 Å². The van der Waals surface area contributed by atoms with E-state index >= 15 is 0 Å². The molecule has 62 valence electrons. The van der Waals surface area contributed by atoms with Crippen molar-refractivity contribution in [1.82, 2.24) is 9.78 Å². The van der Waals surface area contributed by atoms with Gasteiger partial charge in [0.05, 0.1) is 24.2 Å². The fourth-order valence-electron chi connectivity index (χ4n) is 1.52. The van der Waals surface area contributed by atoms with Gasteiger partial charge in [0.15, 0.2) is 0 Å². The van der Waals surface area contributed by atoms with Crippen molar-refractivity contribution in [3.63, 3.8) is 0 Å². The van der Waals surface area contributed by atoms with Crippen LogP contribution >= 0.6 is 0 Å². The molecule has 0 amide bonds. The van der Waals surface area contributed by atoms with Gasteiger partial charge < -0.3 is 0 Å².